The van der Waals surface area contributed by atoms with Gasteiger partial charge in [0.2, 0.25) is 0 Å². The molecule has 8 heteroatoms. The number of hydrogen-bond acceptors (Lipinski definition) is 2. The zero-order valence-corrected chi connectivity index (χ0v) is 7.66. The van der Waals surface area contributed by atoms with Crippen molar-refractivity contribution in [2.24, 2.45) is 0 Å². The average Bonchev–Trinajstić information content (AvgIpc) is 2.03. The van der Waals surface area contributed by atoms with Crippen LogP contribution in [-0.4, -0.2) is 12.5 Å². The van der Waals surface area contributed by atoms with Gasteiger partial charge in [0.25, 0.3) is 5.69 Å². The van der Waals surface area contributed by atoms with Gasteiger partial charge >= 0.3 is 7.54 Å². The molecule has 0 saturated heterocycles. The van der Waals surface area contributed by atoms with E-state index >= 15 is 0 Å². The predicted molar refractivity (Wildman–Crippen MR) is 46.9 cm³/mol. The molecule has 0 amide bonds. The lowest BCUT2D eigenvalue weighted by Gasteiger charge is -1.90. The van der Waals surface area contributed by atoms with Crippen LogP contribution >= 0.6 is 0 Å². The van der Waals surface area contributed by atoms with Gasteiger partial charge in [-0.1, -0.05) is 17.7 Å². The number of nitro groups is 1. The van der Waals surface area contributed by atoms with E-state index < -0.39 is 12.5 Å². The Labute approximate surface area is 83.7 Å². The standard InChI is InChI=1S/C7H7NO2.BF3.FH/c1-6-2-4-7(5-3-6)8(9)10;2-1(3)4;/h2-5H,1H3;;1H/p-1. The van der Waals surface area contributed by atoms with Crippen molar-refractivity contribution in [3.63, 3.8) is 0 Å². The van der Waals surface area contributed by atoms with Gasteiger partial charge in [0.05, 0.1) is 4.92 Å². The van der Waals surface area contributed by atoms with Crippen LogP contribution in [-0.2, 0) is 0 Å². The molecule has 15 heavy (non-hydrogen) atoms. The Morgan fingerprint density at radius 2 is 1.53 bits per heavy atom. The number of rotatable bonds is 1. The average molecular weight is 224 g/mol. The fourth-order valence-corrected chi connectivity index (χ4v) is 0.666. The Bertz CT molecular complexity index is 291. The van der Waals surface area contributed by atoms with Gasteiger partial charge < -0.3 is 4.70 Å². The number of aryl methyl sites for hydroxylation is 1. The van der Waals surface area contributed by atoms with Crippen LogP contribution in [0.25, 0.3) is 0 Å². The first kappa shape index (κ1) is 15.9. The van der Waals surface area contributed by atoms with Crippen LogP contribution in [0.3, 0.4) is 0 Å². The summed E-state index contributed by atoms with van der Waals surface area (Å²) in [5.41, 5.74) is 1.18. The van der Waals surface area contributed by atoms with Crippen LogP contribution < -0.4 is 4.70 Å². The smallest absolute Gasteiger partial charge is 0.762 e. The Morgan fingerprint density at radius 1 is 1.20 bits per heavy atom. The van der Waals surface area contributed by atoms with Gasteiger partial charge in [-0.05, 0) is 6.92 Å². The zero-order valence-electron chi connectivity index (χ0n) is 7.66. The van der Waals surface area contributed by atoms with Crippen LogP contribution in [0.5, 0.6) is 0 Å². The lowest BCUT2D eigenvalue weighted by molar-refractivity contribution is -0.384. The van der Waals surface area contributed by atoms with Crippen LogP contribution in [0.15, 0.2) is 24.3 Å². The number of non-ortho nitro benzene ring substituents is 1. The molecule has 0 fully saturated rings. The summed E-state index contributed by atoms with van der Waals surface area (Å²) in [6.07, 6.45) is 0. The molecule has 0 spiro atoms. The van der Waals surface area contributed by atoms with E-state index in [1.165, 1.54) is 12.1 Å². The van der Waals surface area contributed by atoms with Crippen LogP contribution in [0.2, 0.25) is 0 Å². The Balaban J connectivity index is 0. The lowest BCUT2D eigenvalue weighted by atomic mass is 10.2. The second-order valence-corrected chi connectivity index (χ2v) is 2.34. The van der Waals surface area contributed by atoms with Gasteiger partial charge in [-0.25, -0.2) is 0 Å². The Kier molecular flexibility index (Phi) is 8.22. The summed E-state index contributed by atoms with van der Waals surface area (Å²) in [6.45, 7) is 1.89. The van der Waals surface area contributed by atoms with E-state index in [2.05, 4.69) is 0 Å². The first-order chi connectivity index (χ1) is 6.43. The molecule has 0 aliphatic rings. The second-order valence-electron chi connectivity index (χ2n) is 2.34. The van der Waals surface area contributed by atoms with Crippen molar-refractivity contribution >= 4 is 13.2 Å². The lowest BCUT2D eigenvalue weighted by Crippen LogP contribution is -3.00. The molecule has 0 aromatic heterocycles. The third kappa shape index (κ3) is 8.73. The summed E-state index contributed by atoms with van der Waals surface area (Å²) in [5.74, 6) is 0. The summed E-state index contributed by atoms with van der Waals surface area (Å²) >= 11 is 0. The number of hydrogen-bond donors (Lipinski definition) is 0. The Hall–Kier alpha value is -1.60. The molecule has 84 valence electrons. The number of halogens is 4. The quantitative estimate of drug-likeness (QED) is 0.286. The maximum absolute atomic E-state index is 10.1. The monoisotopic (exact) mass is 224 g/mol. The molecule has 0 saturated carbocycles. The molecular formula is C7H7BF4NO2-. The molecule has 0 N–H and O–H groups in total. The van der Waals surface area contributed by atoms with E-state index in [4.69, 9.17) is 0 Å². The molecule has 3 nitrogen and oxygen atoms in total. The van der Waals surface area contributed by atoms with Crippen molar-refractivity contribution < 1.29 is 22.6 Å². The molecule has 0 atom stereocenters. The summed E-state index contributed by atoms with van der Waals surface area (Å²) in [6, 6.07) is 6.43. The third-order valence-corrected chi connectivity index (χ3v) is 1.24. The first-order valence-corrected chi connectivity index (χ1v) is 3.56. The van der Waals surface area contributed by atoms with E-state index in [1.807, 2.05) is 6.92 Å². The van der Waals surface area contributed by atoms with Gasteiger partial charge in [0.1, 0.15) is 0 Å². The summed E-state index contributed by atoms with van der Waals surface area (Å²) in [4.78, 5) is 9.71. The van der Waals surface area contributed by atoms with Gasteiger partial charge in [-0.15, -0.1) is 0 Å². The predicted octanol–water partition coefficient (Wildman–Crippen LogP) is -0.213. The summed E-state index contributed by atoms with van der Waals surface area (Å²) in [5, 5.41) is 10.1. The SMILES string of the molecule is Cc1ccc([N+](=O)[O-])cc1.FB(F)F.[F-]. The molecule has 0 heterocycles. The fourth-order valence-electron chi connectivity index (χ4n) is 0.666. The minimum Gasteiger partial charge on any atom is -1.00 e. The van der Waals surface area contributed by atoms with Crippen LogP contribution in [0.4, 0.5) is 18.6 Å². The van der Waals surface area contributed by atoms with Crippen molar-refractivity contribution in [1.82, 2.24) is 0 Å². The maximum Gasteiger partial charge on any atom is 0.762 e. The largest absolute Gasteiger partial charge is 1.00 e. The van der Waals surface area contributed by atoms with E-state index in [9.17, 15) is 23.1 Å². The van der Waals surface area contributed by atoms with Crippen molar-refractivity contribution in [3.05, 3.63) is 39.9 Å². The molecule has 0 aliphatic carbocycles. The Morgan fingerprint density at radius 3 is 1.80 bits per heavy atom. The third-order valence-electron chi connectivity index (χ3n) is 1.24. The molecule has 1 aromatic carbocycles. The molecule has 0 unspecified atom stereocenters. The highest BCUT2D eigenvalue weighted by atomic mass is 19.4. The van der Waals surface area contributed by atoms with Gasteiger partial charge in [0, 0.05) is 12.1 Å². The minimum atomic E-state index is -3.67. The molecule has 0 bridgehead atoms. The minimum absolute atomic E-state index is 0. The highest BCUT2D eigenvalue weighted by Crippen LogP contribution is 2.10. The van der Waals surface area contributed by atoms with Gasteiger partial charge in [0.15, 0.2) is 0 Å². The highest BCUT2D eigenvalue weighted by molar-refractivity contribution is 6.33. The molecule has 1 aromatic rings. The van der Waals surface area contributed by atoms with Crippen molar-refractivity contribution in [2.75, 3.05) is 0 Å². The molecule has 0 aliphatic heterocycles. The number of nitro benzene ring substituents is 1. The van der Waals surface area contributed by atoms with Gasteiger partial charge in [-0.2, -0.15) is 0 Å². The maximum atomic E-state index is 10.1. The van der Waals surface area contributed by atoms with E-state index in [0.29, 0.717) is 0 Å². The van der Waals surface area contributed by atoms with E-state index in [-0.39, 0.29) is 10.4 Å². The first-order valence-electron chi connectivity index (χ1n) is 3.56. The van der Waals surface area contributed by atoms with E-state index in [0.717, 1.165) is 5.56 Å². The number of benzene rings is 1. The second kappa shape index (κ2) is 7.78. The van der Waals surface area contributed by atoms with Crippen LogP contribution in [0, 0.1) is 17.0 Å². The summed E-state index contributed by atoms with van der Waals surface area (Å²) in [7, 11) is -3.67. The molecule has 0 radical (unpaired) electrons. The van der Waals surface area contributed by atoms with Crippen molar-refractivity contribution in [3.8, 4) is 0 Å². The van der Waals surface area contributed by atoms with Crippen molar-refractivity contribution in [2.45, 2.75) is 6.92 Å². The normalized spacial score (nSPS) is 8.00. The molecule has 1 rings (SSSR count). The van der Waals surface area contributed by atoms with Crippen molar-refractivity contribution in [1.29, 1.82) is 0 Å². The number of nitrogens with zero attached hydrogens (tertiary/aromatic N) is 1. The van der Waals surface area contributed by atoms with E-state index in [1.54, 1.807) is 12.1 Å². The van der Waals surface area contributed by atoms with Gasteiger partial charge in [-0.3, -0.25) is 23.1 Å². The molecular weight excluding hydrogens is 217 g/mol. The highest BCUT2D eigenvalue weighted by Gasteiger charge is 2.06. The zero-order chi connectivity index (χ0) is 11.1. The fraction of sp³-hybridized carbons (Fsp3) is 0.143. The van der Waals surface area contributed by atoms with Crippen LogP contribution in [0.1, 0.15) is 5.56 Å². The summed E-state index contributed by atoms with van der Waals surface area (Å²) < 4.78 is 29.0. The topological polar surface area (TPSA) is 43.1 Å².